The molecule has 8 heteroatoms. The predicted molar refractivity (Wildman–Crippen MR) is 94.4 cm³/mol. The van der Waals surface area contributed by atoms with E-state index in [0.717, 1.165) is 44.2 Å². The molecule has 26 heavy (non-hydrogen) atoms. The Labute approximate surface area is 152 Å². The summed E-state index contributed by atoms with van der Waals surface area (Å²) >= 11 is 0. The largest absolute Gasteiger partial charge is 0.573 e. The Morgan fingerprint density at radius 1 is 1.31 bits per heavy atom. The summed E-state index contributed by atoms with van der Waals surface area (Å²) in [6, 6.07) is 5.92. The molecule has 146 valence electrons. The van der Waals surface area contributed by atoms with E-state index in [1.807, 2.05) is 6.92 Å². The Morgan fingerprint density at radius 2 is 2.04 bits per heavy atom. The van der Waals surface area contributed by atoms with Crippen molar-refractivity contribution in [1.82, 2.24) is 10.2 Å². The molecule has 0 bridgehead atoms. The van der Waals surface area contributed by atoms with Gasteiger partial charge >= 0.3 is 6.36 Å². The first kappa shape index (κ1) is 20.4. The third-order valence-electron chi connectivity index (χ3n) is 4.14. The van der Waals surface area contributed by atoms with E-state index in [0.29, 0.717) is 18.9 Å². The van der Waals surface area contributed by atoms with E-state index in [2.05, 4.69) is 19.9 Å². The number of hydrogen-bond acceptors (Lipinski definition) is 3. The minimum absolute atomic E-state index is 0.209. The zero-order chi connectivity index (χ0) is 19.0. The summed E-state index contributed by atoms with van der Waals surface area (Å²) in [5.41, 5.74) is 0.915. The fraction of sp³-hybridized carbons (Fsp3) is 0.611. The minimum Gasteiger partial charge on any atom is -0.406 e. The topological polar surface area (TPSA) is 46.1 Å². The van der Waals surface area contributed by atoms with E-state index >= 15 is 0 Å². The lowest BCUT2D eigenvalue weighted by molar-refractivity contribution is -0.274. The fourth-order valence-electron chi connectivity index (χ4n) is 2.97. The van der Waals surface area contributed by atoms with E-state index in [4.69, 9.17) is 4.74 Å². The summed E-state index contributed by atoms with van der Waals surface area (Å²) in [7, 11) is 1.72. The highest BCUT2D eigenvalue weighted by Gasteiger charge is 2.31. The molecule has 1 unspecified atom stereocenters. The standard InChI is InChI=1S/C18H26F3N3O2/c1-3-22-17(24-11-9-15(12-24)13-25-2)23-10-8-14-4-6-16(7-5-14)26-18(19,20)21/h4-7,15H,3,8-13H2,1-2H3,(H,22,23). The normalized spacial score (nSPS) is 18.3. The number of rotatable bonds is 7. The van der Waals surface area contributed by atoms with Crippen molar-refractivity contribution < 1.29 is 22.6 Å². The molecule has 0 spiro atoms. The molecule has 1 aromatic rings. The quantitative estimate of drug-likeness (QED) is 0.589. The summed E-state index contributed by atoms with van der Waals surface area (Å²) in [5.74, 6) is 1.19. The second-order valence-corrected chi connectivity index (χ2v) is 6.23. The number of methoxy groups -OCH3 is 1. The third-order valence-corrected chi connectivity index (χ3v) is 4.14. The average Bonchev–Trinajstić information content (AvgIpc) is 3.03. The van der Waals surface area contributed by atoms with Crippen LogP contribution in [0.5, 0.6) is 5.75 Å². The first-order chi connectivity index (χ1) is 12.4. The smallest absolute Gasteiger partial charge is 0.406 e. The maximum absolute atomic E-state index is 12.2. The molecule has 1 atom stereocenters. The lowest BCUT2D eigenvalue weighted by Gasteiger charge is -2.21. The SMILES string of the molecule is CCNC(=NCCc1ccc(OC(F)(F)F)cc1)N1CCC(COC)C1. The van der Waals surface area contributed by atoms with Crippen LogP contribution in [0.1, 0.15) is 18.9 Å². The van der Waals surface area contributed by atoms with Crippen molar-refractivity contribution in [3.8, 4) is 5.75 Å². The van der Waals surface area contributed by atoms with E-state index in [-0.39, 0.29) is 5.75 Å². The lowest BCUT2D eigenvalue weighted by atomic mass is 10.1. The second kappa shape index (κ2) is 9.66. The van der Waals surface area contributed by atoms with E-state index in [1.165, 1.54) is 12.1 Å². The number of alkyl halides is 3. The molecule has 5 nitrogen and oxygen atoms in total. The number of halogens is 3. The highest BCUT2D eigenvalue weighted by atomic mass is 19.4. The zero-order valence-corrected chi connectivity index (χ0v) is 15.2. The molecule has 2 rings (SSSR count). The molecule has 0 aliphatic carbocycles. The van der Waals surface area contributed by atoms with Crippen molar-refractivity contribution in [1.29, 1.82) is 0 Å². The summed E-state index contributed by atoms with van der Waals surface area (Å²) in [6.45, 7) is 5.99. The number of likely N-dealkylation sites (tertiary alicyclic amines) is 1. The summed E-state index contributed by atoms with van der Waals surface area (Å²) in [4.78, 5) is 6.88. The van der Waals surface area contributed by atoms with Gasteiger partial charge in [-0.15, -0.1) is 13.2 Å². The zero-order valence-electron chi connectivity index (χ0n) is 15.2. The van der Waals surface area contributed by atoms with Crippen LogP contribution in [0.4, 0.5) is 13.2 Å². The van der Waals surface area contributed by atoms with Crippen molar-refractivity contribution in [3.63, 3.8) is 0 Å². The van der Waals surface area contributed by atoms with Crippen molar-refractivity contribution in [2.75, 3.05) is 39.9 Å². The maximum atomic E-state index is 12.2. The molecule has 1 N–H and O–H groups in total. The highest BCUT2D eigenvalue weighted by molar-refractivity contribution is 5.80. The van der Waals surface area contributed by atoms with Crippen LogP contribution >= 0.6 is 0 Å². The van der Waals surface area contributed by atoms with Crippen molar-refractivity contribution in [2.24, 2.45) is 10.9 Å². The molecule has 0 saturated carbocycles. The van der Waals surface area contributed by atoms with Gasteiger partial charge < -0.3 is 19.7 Å². The van der Waals surface area contributed by atoms with Gasteiger partial charge in [0.25, 0.3) is 0 Å². The predicted octanol–water partition coefficient (Wildman–Crippen LogP) is 3.06. The molecule has 0 aromatic heterocycles. The van der Waals surface area contributed by atoms with Gasteiger partial charge in [0.2, 0.25) is 0 Å². The van der Waals surface area contributed by atoms with Gasteiger partial charge in [-0.05, 0) is 37.5 Å². The Balaban J connectivity index is 1.88. The van der Waals surface area contributed by atoms with Crippen molar-refractivity contribution in [3.05, 3.63) is 29.8 Å². The molecule has 1 saturated heterocycles. The fourth-order valence-corrected chi connectivity index (χ4v) is 2.97. The minimum atomic E-state index is -4.66. The molecule has 1 aliphatic rings. The lowest BCUT2D eigenvalue weighted by Crippen LogP contribution is -2.40. The van der Waals surface area contributed by atoms with Gasteiger partial charge in [0.1, 0.15) is 5.75 Å². The van der Waals surface area contributed by atoms with Crippen LogP contribution in [-0.2, 0) is 11.2 Å². The Morgan fingerprint density at radius 3 is 2.65 bits per heavy atom. The van der Waals surface area contributed by atoms with Crippen LogP contribution in [0.15, 0.2) is 29.3 Å². The molecule has 1 aromatic carbocycles. The van der Waals surface area contributed by atoms with Gasteiger partial charge in [0.15, 0.2) is 5.96 Å². The van der Waals surface area contributed by atoms with Gasteiger partial charge in [-0.25, -0.2) is 0 Å². The number of guanidine groups is 1. The Hall–Kier alpha value is -1.96. The summed E-state index contributed by atoms with van der Waals surface area (Å²) in [5, 5.41) is 3.30. The van der Waals surface area contributed by atoms with Crippen LogP contribution in [0, 0.1) is 5.92 Å². The van der Waals surface area contributed by atoms with E-state index in [9.17, 15) is 13.2 Å². The molecular formula is C18H26F3N3O2. The van der Waals surface area contributed by atoms with Gasteiger partial charge in [-0.2, -0.15) is 0 Å². The van der Waals surface area contributed by atoms with E-state index in [1.54, 1.807) is 19.2 Å². The molecule has 1 fully saturated rings. The van der Waals surface area contributed by atoms with Crippen molar-refractivity contribution in [2.45, 2.75) is 26.1 Å². The summed E-state index contributed by atoms with van der Waals surface area (Å²) < 4.78 is 45.6. The second-order valence-electron chi connectivity index (χ2n) is 6.23. The number of nitrogens with one attached hydrogen (secondary N) is 1. The first-order valence-electron chi connectivity index (χ1n) is 8.78. The summed E-state index contributed by atoms with van der Waals surface area (Å²) in [6.07, 6.45) is -2.93. The van der Waals surface area contributed by atoms with Crippen LogP contribution in [0.25, 0.3) is 0 Å². The van der Waals surface area contributed by atoms with Gasteiger partial charge in [0.05, 0.1) is 6.61 Å². The molecule has 1 aliphatic heterocycles. The number of nitrogens with zero attached hydrogens (tertiary/aromatic N) is 2. The third kappa shape index (κ3) is 6.74. The molecule has 0 amide bonds. The molecular weight excluding hydrogens is 347 g/mol. The van der Waals surface area contributed by atoms with Crippen LogP contribution in [0.3, 0.4) is 0 Å². The number of benzene rings is 1. The van der Waals surface area contributed by atoms with Crippen LogP contribution in [0.2, 0.25) is 0 Å². The number of ether oxygens (including phenoxy) is 2. The number of hydrogen-bond donors (Lipinski definition) is 1. The molecule has 1 heterocycles. The Kier molecular flexibility index (Phi) is 7.56. The molecule has 0 radical (unpaired) electrons. The first-order valence-corrected chi connectivity index (χ1v) is 8.78. The van der Waals surface area contributed by atoms with Crippen molar-refractivity contribution >= 4 is 5.96 Å². The number of aliphatic imine (C=N–C) groups is 1. The van der Waals surface area contributed by atoms with Crippen LogP contribution in [-0.4, -0.2) is 57.1 Å². The van der Waals surface area contributed by atoms with Gasteiger partial charge in [-0.1, -0.05) is 12.1 Å². The van der Waals surface area contributed by atoms with Gasteiger partial charge in [-0.3, -0.25) is 4.99 Å². The average molecular weight is 373 g/mol. The Bertz CT molecular complexity index is 576. The van der Waals surface area contributed by atoms with Crippen LogP contribution < -0.4 is 10.1 Å². The van der Waals surface area contributed by atoms with E-state index < -0.39 is 6.36 Å². The highest BCUT2D eigenvalue weighted by Crippen LogP contribution is 2.23. The van der Waals surface area contributed by atoms with Gasteiger partial charge in [0, 0.05) is 39.2 Å². The maximum Gasteiger partial charge on any atom is 0.573 e. The monoisotopic (exact) mass is 373 g/mol.